The van der Waals surface area contributed by atoms with Crippen LogP contribution in [0.2, 0.25) is 0 Å². The highest BCUT2D eigenvalue weighted by atomic mass is 16.5. The third-order valence-electron chi connectivity index (χ3n) is 19.6. The fourth-order valence-electron chi connectivity index (χ4n) is 15.7. The fraction of sp³-hybridized carbons (Fsp3) is 0.865. The first-order valence-corrected chi connectivity index (χ1v) is 25.7. The van der Waals surface area contributed by atoms with Crippen molar-refractivity contribution in [3.63, 3.8) is 0 Å². The molecule has 9 aliphatic rings. The zero-order valence-electron chi connectivity index (χ0n) is 40.2. The van der Waals surface area contributed by atoms with E-state index >= 15 is 0 Å². The molecule has 5 heterocycles. The van der Waals surface area contributed by atoms with E-state index in [-0.39, 0.29) is 43.0 Å². The Morgan fingerprint density at radius 1 is 0.419 bits per heavy atom. The van der Waals surface area contributed by atoms with Crippen molar-refractivity contribution in [3.8, 4) is 0 Å². The average molecular weight is 855 g/mol. The number of carbonyl (C=O) groups is 1. The molecular weight excluding hydrogens is 769 g/mol. The highest BCUT2D eigenvalue weighted by molar-refractivity contribution is 5.89. The smallest absolute Gasteiger partial charge is 0.337 e. The summed E-state index contributed by atoms with van der Waals surface area (Å²) < 4.78 is 5.04. The molecule has 20 unspecified atom stereocenters. The van der Waals surface area contributed by atoms with Crippen LogP contribution in [0.3, 0.4) is 0 Å². The Morgan fingerprint density at radius 3 is 1.02 bits per heavy atom. The van der Waals surface area contributed by atoms with Gasteiger partial charge in [-0.15, -0.1) is 0 Å². The van der Waals surface area contributed by atoms with Gasteiger partial charge in [0.25, 0.3) is 0 Å². The largest absolute Gasteiger partial charge is 0.465 e. The molecule has 62 heavy (non-hydrogen) atoms. The minimum absolute atomic E-state index is 0.214. The first-order chi connectivity index (χ1) is 29.4. The van der Waals surface area contributed by atoms with Crippen molar-refractivity contribution >= 4 is 5.97 Å². The van der Waals surface area contributed by atoms with Crippen molar-refractivity contribution in [2.45, 2.75) is 195 Å². The van der Waals surface area contributed by atoms with Crippen LogP contribution >= 0.6 is 0 Å². The maximum absolute atomic E-state index is 12.3. The molecule has 5 saturated heterocycles. The Balaban J connectivity index is 0.988. The molecule has 8 N–H and O–H groups in total. The number of esters is 1. The van der Waals surface area contributed by atoms with Gasteiger partial charge in [0, 0.05) is 0 Å². The van der Waals surface area contributed by atoms with Crippen LogP contribution in [0, 0.1) is 81.3 Å². The van der Waals surface area contributed by atoms with E-state index in [4.69, 9.17) is 4.74 Å². The second-order valence-corrected chi connectivity index (χ2v) is 25.7. The zero-order valence-corrected chi connectivity index (χ0v) is 40.2. The molecule has 346 valence electrons. The number of ether oxygens (including phenoxy) is 1. The second-order valence-electron chi connectivity index (χ2n) is 25.7. The van der Waals surface area contributed by atoms with Crippen LogP contribution in [0.4, 0.5) is 0 Å². The highest BCUT2D eigenvalue weighted by Crippen LogP contribution is 2.53. The summed E-state index contributed by atoms with van der Waals surface area (Å²) in [6.45, 7) is 22.3. The molecule has 0 aromatic heterocycles. The lowest BCUT2D eigenvalue weighted by Crippen LogP contribution is -2.61. The van der Waals surface area contributed by atoms with E-state index in [1.807, 2.05) is 12.1 Å². The van der Waals surface area contributed by atoms with Crippen LogP contribution in [0.15, 0.2) is 24.3 Å². The summed E-state index contributed by atoms with van der Waals surface area (Å²) in [5, 5.41) is 35.0. The Labute approximate surface area is 375 Å². The van der Waals surface area contributed by atoms with Crippen LogP contribution in [-0.4, -0.2) is 62.4 Å². The van der Waals surface area contributed by atoms with E-state index in [1.165, 1.54) is 83.3 Å². The summed E-state index contributed by atoms with van der Waals surface area (Å²) in [4.78, 5) is 12.3. The normalized spacial score (nSPS) is 46.9. The van der Waals surface area contributed by atoms with Gasteiger partial charge in [-0.2, -0.15) is 0 Å². The van der Waals surface area contributed by atoms with Gasteiger partial charge in [0.1, 0.15) is 0 Å². The molecule has 0 amide bonds. The quantitative estimate of drug-likeness (QED) is 0.141. The summed E-state index contributed by atoms with van der Waals surface area (Å²) in [6.07, 6.45) is 17.4. The van der Waals surface area contributed by atoms with Crippen molar-refractivity contribution < 1.29 is 9.53 Å². The van der Waals surface area contributed by atoms with E-state index in [9.17, 15) is 4.79 Å². The van der Waals surface area contributed by atoms with Crippen LogP contribution in [0.1, 0.15) is 161 Å². The van der Waals surface area contributed by atoms with Crippen LogP contribution < -0.4 is 42.5 Å². The molecular formula is C52H86N8O2. The second kappa shape index (κ2) is 16.6. The Bertz CT molecular complexity index is 1740. The summed E-state index contributed by atoms with van der Waals surface area (Å²) in [7, 11) is 1.47. The molecule has 8 bridgehead atoms. The van der Waals surface area contributed by atoms with Gasteiger partial charge < -0.3 is 4.74 Å². The molecule has 20 atom stereocenters. The van der Waals surface area contributed by atoms with Gasteiger partial charge in [0.2, 0.25) is 0 Å². The van der Waals surface area contributed by atoms with Crippen molar-refractivity contribution in [1.29, 1.82) is 0 Å². The minimum Gasteiger partial charge on any atom is -0.465 e. The van der Waals surface area contributed by atoms with Crippen LogP contribution in [0.25, 0.3) is 0 Å². The van der Waals surface area contributed by atoms with E-state index < -0.39 is 0 Å². The topological polar surface area (TPSA) is 123 Å². The Kier molecular flexibility index (Phi) is 11.8. The monoisotopic (exact) mass is 855 g/mol. The first-order valence-electron chi connectivity index (χ1n) is 25.7. The summed E-state index contributed by atoms with van der Waals surface area (Å²) in [6, 6.07) is 8.33. The molecule has 1 aromatic carbocycles. The number of hydrogen-bond acceptors (Lipinski definition) is 10. The predicted molar refractivity (Wildman–Crippen MR) is 248 cm³/mol. The van der Waals surface area contributed by atoms with Crippen molar-refractivity contribution in [1.82, 2.24) is 42.5 Å². The number of hydrogen-bond donors (Lipinski definition) is 8. The Hall–Kier alpha value is -1.63. The van der Waals surface area contributed by atoms with Crippen LogP contribution in [0.5, 0.6) is 0 Å². The van der Waals surface area contributed by atoms with Crippen molar-refractivity contribution in [2.75, 3.05) is 7.11 Å². The lowest BCUT2D eigenvalue weighted by Gasteiger charge is -2.43. The van der Waals surface area contributed by atoms with Gasteiger partial charge in [-0.25, -0.2) is 4.79 Å². The van der Waals surface area contributed by atoms with Gasteiger partial charge in [0.05, 0.1) is 62.0 Å². The molecule has 1 aromatic rings. The van der Waals surface area contributed by atoms with Gasteiger partial charge in [-0.3, -0.25) is 42.5 Å². The number of rotatable bonds is 2. The van der Waals surface area contributed by atoms with E-state index in [1.54, 1.807) is 0 Å². The van der Waals surface area contributed by atoms with Gasteiger partial charge in [-0.05, 0) is 182 Å². The molecule has 4 saturated carbocycles. The molecule has 10 nitrogen and oxygen atoms in total. The lowest BCUT2D eigenvalue weighted by atomic mass is 9.64. The number of benzene rings is 1. The van der Waals surface area contributed by atoms with Crippen LogP contribution in [-0.2, 0) is 4.74 Å². The molecule has 9 fully saturated rings. The lowest BCUT2D eigenvalue weighted by molar-refractivity contribution is 0.0600. The first kappa shape index (κ1) is 44.2. The SMILES string of the molecule is COC(=O)c1ccc(C2CCC3C4NC(NC5NC(NC6NC(NC7NC(N4)C4CC(C(C)(C)C)CCC74)C4CC(C(C)(C)C)CCC64)C4CC(C(C)(C)C)CCC54)C3C2)cc1. The van der Waals surface area contributed by atoms with Crippen molar-refractivity contribution in [3.05, 3.63) is 35.4 Å². The van der Waals surface area contributed by atoms with E-state index in [2.05, 4.69) is 117 Å². The van der Waals surface area contributed by atoms with E-state index in [0.717, 1.165) is 24.2 Å². The number of carbonyl (C=O) groups excluding carboxylic acids is 1. The Morgan fingerprint density at radius 2 is 0.710 bits per heavy atom. The standard InChI is InChI=1S/C52H86N8O2/c1-50(2,3)30-16-20-34-38(24-30)47-56-42(34)54-45-37-23-29(27-11-13-28(14-12-27)49(61)62-10)15-19-33(37)41(53-45)55-46-39-25-31(51(4,5)6)17-21-35(39)43(57-46)59-48-40-26-32(52(7,8)9)18-22-36(40)44(58-47)60-48/h11-14,29-48,53-60H,15-26H2,1-10H3. The maximum atomic E-state index is 12.3. The summed E-state index contributed by atoms with van der Waals surface area (Å²) >= 11 is 0. The van der Waals surface area contributed by atoms with Gasteiger partial charge in [0.15, 0.2) is 0 Å². The predicted octanol–water partition coefficient (Wildman–Crippen LogP) is 7.60. The zero-order chi connectivity index (χ0) is 43.5. The number of methoxy groups -OCH3 is 1. The highest BCUT2D eigenvalue weighted by Gasteiger charge is 2.57. The third kappa shape index (κ3) is 8.27. The average Bonchev–Trinajstić information content (AvgIpc) is 3.97. The summed E-state index contributed by atoms with van der Waals surface area (Å²) in [5.41, 5.74) is 2.95. The fourth-order valence-corrected chi connectivity index (χ4v) is 15.7. The number of fused-ring (bicyclic) bond motifs is 20. The molecule has 0 radical (unpaired) electrons. The van der Waals surface area contributed by atoms with Crippen molar-refractivity contribution in [2.24, 2.45) is 81.3 Å². The summed E-state index contributed by atoms with van der Waals surface area (Å²) in [5.74, 6) is 7.10. The molecule has 0 spiro atoms. The molecule has 10 rings (SSSR count). The maximum Gasteiger partial charge on any atom is 0.337 e. The molecule has 4 aliphatic carbocycles. The minimum atomic E-state index is -0.260. The number of nitrogens with one attached hydrogen (secondary N) is 8. The van der Waals surface area contributed by atoms with Gasteiger partial charge >= 0.3 is 5.97 Å². The molecule has 5 aliphatic heterocycles. The third-order valence-corrected chi connectivity index (χ3v) is 19.6. The molecule has 10 heteroatoms. The van der Waals surface area contributed by atoms with Gasteiger partial charge in [-0.1, -0.05) is 74.4 Å². The van der Waals surface area contributed by atoms with E-state index in [0.29, 0.717) is 87.4 Å².